The Morgan fingerprint density at radius 1 is 0.967 bits per heavy atom. The summed E-state index contributed by atoms with van der Waals surface area (Å²) in [5, 5.41) is 22.6. The molecule has 15 nitrogen and oxygen atoms in total. The molecule has 18 heteroatoms. The van der Waals surface area contributed by atoms with Crippen LogP contribution < -0.4 is 15.5 Å². The molecule has 4 N–H and O–H groups in total. The number of nitrogens with zero attached hydrogens (tertiary/aromatic N) is 6. The molecule has 0 atom stereocenters. The summed E-state index contributed by atoms with van der Waals surface area (Å²) in [6.45, 7) is 3.32. The van der Waals surface area contributed by atoms with Gasteiger partial charge in [-0.05, 0) is 57.6 Å². The Morgan fingerprint density at radius 2 is 1.72 bits per heavy atom. The number of anilines is 1. The average molecular weight is 883 g/mol. The van der Waals surface area contributed by atoms with Crippen LogP contribution >= 0.6 is 34.5 Å². The SMILES string of the molecule is CN(C)C/C=C/C(=O)N1CCN(c2ccc(CCNC(=O)CCCCCCC(=O)NCCn3ccc(-c4cc(Cl)c(Cl)c5[nH]c6c(c45)CN(C(=O)CO)CC6)n3)s2)C(=O)C1. The van der Waals surface area contributed by atoms with Crippen molar-refractivity contribution in [3.63, 3.8) is 0 Å². The number of nitrogens with one attached hydrogen (secondary N) is 3. The number of benzene rings is 1. The van der Waals surface area contributed by atoms with E-state index in [0.29, 0.717) is 99.3 Å². The highest BCUT2D eigenvalue weighted by Gasteiger charge is 2.29. The number of unbranched alkanes of at least 4 members (excludes halogenated alkanes) is 3. The van der Waals surface area contributed by atoms with Gasteiger partial charge in [0, 0.05) is 104 Å². The van der Waals surface area contributed by atoms with Crippen molar-refractivity contribution in [3.8, 4) is 11.3 Å². The van der Waals surface area contributed by atoms with Gasteiger partial charge < -0.3 is 40.3 Å². The quantitative estimate of drug-likeness (QED) is 0.0793. The fraction of sp³-hybridized carbons (Fsp3) is 0.476. The number of piperazine rings is 1. The summed E-state index contributed by atoms with van der Waals surface area (Å²) in [7, 11) is 3.85. The third kappa shape index (κ3) is 11.5. The number of carbonyl (C=O) groups excluding carboxylic acids is 5. The van der Waals surface area contributed by atoms with E-state index < -0.39 is 6.61 Å². The Kier molecular flexibility index (Phi) is 15.8. The van der Waals surface area contributed by atoms with Crippen molar-refractivity contribution in [2.24, 2.45) is 0 Å². The van der Waals surface area contributed by atoms with Gasteiger partial charge in [0.05, 0.1) is 32.8 Å². The predicted molar refractivity (Wildman–Crippen MR) is 234 cm³/mol. The number of hydrogen-bond acceptors (Lipinski definition) is 9. The minimum atomic E-state index is -0.547. The molecule has 5 heterocycles. The van der Waals surface area contributed by atoms with Crippen LogP contribution in [-0.2, 0) is 49.9 Å². The number of amides is 5. The Balaban J connectivity index is 0.840. The van der Waals surface area contributed by atoms with Crippen molar-refractivity contribution in [1.29, 1.82) is 0 Å². The lowest BCUT2D eigenvalue weighted by Crippen LogP contribution is -2.51. The summed E-state index contributed by atoms with van der Waals surface area (Å²) in [6.07, 6.45) is 10.5. The summed E-state index contributed by atoms with van der Waals surface area (Å²) < 4.78 is 1.76. The highest BCUT2D eigenvalue weighted by Crippen LogP contribution is 2.42. The molecule has 0 bridgehead atoms. The number of rotatable bonds is 19. The molecule has 3 aromatic heterocycles. The van der Waals surface area contributed by atoms with Gasteiger partial charge in [-0.1, -0.05) is 42.1 Å². The van der Waals surface area contributed by atoms with Crippen LogP contribution in [0.1, 0.15) is 54.7 Å². The summed E-state index contributed by atoms with van der Waals surface area (Å²) in [4.78, 5) is 73.9. The molecule has 0 spiro atoms. The van der Waals surface area contributed by atoms with Crippen LogP contribution in [0.15, 0.2) is 42.6 Å². The highest BCUT2D eigenvalue weighted by molar-refractivity contribution is 7.16. The van der Waals surface area contributed by atoms with Gasteiger partial charge in [0.25, 0.3) is 0 Å². The van der Waals surface area contributed by atoms with Gasteiger partial charge in [-0.3, -0.25) is 28.7 Å². The Hall–Kier alpha value is -4.74. The zero-order chi connectivity index (χ0) is 42.8. The molecule has 4 aromatic rings. The molecule has 6 rings (SSSR count). The van der Waals surface area contributed by atoms with E-state index >= 15 is 0 Å². The third-order valence-corrected chi connectivity index (χ3v) is 12.6. The predicted octanol–water partition coefficient (Wildman–Crippen LogP) is 4.39. The largest absolute Gasteiger partial charge is 0.387 e. The average Bonchev–Trinajstić information content (AvgIpc) is 3.99. The second-order valence-electron chi connectivity index (χ2n) is 15.3. The molecule has 322 valence electrons. The van der Waals surface area contributed by atoms with Crippen LogP contribution in [0.2, 0.25) is 10.0 Å². The number of aromatic amines is 1. The number of thiophene rings is 1. The lowest BCUT2D eigenvalue weighted by atomic mass is 9.99. The molecule has 0 unspecified atom stereocenters. The second kappa shape index (κ2) is 21.2. The van der Waals surface area contributed by atoms with Crippen LogP contribution in [0.5, 0.6) is 0 Å². The molecule has 0 saturated carbocycles. The molecular weight excluding hydrogens is 829 g/mol. The number of hydrogen-bond donors (Lipinski definition) is 4. The Labute approximate surface area is 363 Å². The van der Waals surface area contributed by atoms with Gasteiger partial charge in [-0.2, -0.15) is 5.10 Å². The van der Waals surface area contributed by atoms with Crippen LogP contribution in [0.3, 0.4) is 0 Å². The molecule has 1 saturated heterocycles. The fourth-order valence-electron chi connectivity index (χ4n) is 7.43. The molecule has 0 aliphatic carbocycles. The van der Waals surface area contributed by atoms with Crippen molar-refractivity contribution in [3.05, 3.63) is 68.8 Å². The van der Waals surface area contributed by atoms with Crippen LogP contribution in [-0.4, -0.2) is 131 Å². The number of aromatic nitrogens is 3. The van der Waals surface area contributed by atoms with Gasteiger partial charge in [0.15, 0.2) is 0 Å². The molecule has 0 radical (unpaired) electrons. The first-order chi connectivity index (χ1) is 28.9. The first kappa shape index (κ1) is 44.8. The van der Waals surface area contributed by atoms with Crippen molar-refractivity contribution < 1.29 is 29.1 Å². The molecule has 2 aliphatic rings. The second-order valence-corrected chi connectivity index (χ2v) is 17.2. The number of H-pyrrole nitrogens is 1. The Morgan fingerprint density at radius 3 is 2.43 bits per heavy atom. The summed E-state index contributed by atoms with van der Waals surface area (Å²) in [5.74, 6) is -0.618. The first-order valence-electron chi connectivity index (χ1n) is 20.4. The van der Waals surface area contributed by atoms with E-state index in [2.05, 4.69) is 15.6 Å². The molecule has 5 amide bonds. The minimum Gasteiger partial charge on any atom is -0.387 e. The third-order valence-electron chi connectivity index (χ3n) is 10.6. The minimum absolute atomic E-state index is 0.000816. The standard InChI is InChI=1S/C42H53Cl2N9O6S/c1-49(2)18-7-10-36(57)51-22-23-53(37(58)26-51)39-12-11-28(60-39)13-16-45-34(55)8-5-3-4-6-9-35(56)46-17-21-52-20-15-33(48-52)29-24-31(43)41(44)42-40(29)30-25-50(38(59)27-54)19-14-32(30)47-42/h7,10-12,15,20,24,47,54H,3-6,8-9,13-14,16-19,21-23,25-27H2,1-2H3,(H,45,55)(H,46,56)/b10-7+. The van der Waals surface area contributed by atoms with Crippen molar-refractivity contribution >= 4 is 80.0 Å². The van der Waals surface area contributed by atoms with Crippen molar-refractivity contribution in [2.75, 3.05) is 71.4 Å². The molecule has 1 aromatic carbocycles. The number of aliphatic hydroxyl groups excluding tert-OH is 1. The molecule has 1 fully saturated rings. The maximum Gasteiger partial charge on any atom is 0.248 e. The van der Waals surface area contributed by atoms with Crippen LogP contribution in [0.4, 0.5) is 5.00 Å². The van der Waals surface area contributed by atoms with Crippen LogP contribution in [0.25, 0.3) is 22.2 Å². The smallest absolute Gasteiger partial charge is 0.248 e. The van der Waals surface area contributed by atoms with E-state index in [1.807, 2.05) is 43.4 Å². The molecular formula is C42H53Cl2N9O6S. The van der Waals surface area contributed by atoms with Crippen LogP contribution in [0, 0.1) is 0 Å². The number of fused-ring (bicyclic) bond motifs is 3. The van der Waals surface area contributed by atoms with E-state index in [4.69, 9.17) is 28.3 Å². The zero-order valence-electron chi connectivity index (χ0n) is 34.1. The summed E-state index contributed by atoms with van der Waals surface area (Å²) >= 11 is 14.7. The number of carbonyl (C=O) groups is 5. The van der Waals surface area contributed by atoms with Gasteiger partial charge in [-0.25, -0.2) is 0 Å². The van der Waals surface area contributed by atoms with Gasteiger partial charge >= 0.3 is 0 Å². The maximum absolute atomic E-state index is 12.8. The van der Waals surface area contributed by atoms with Crippen molar-refractivity contribution in [1.82, 2.24) is 40.1 Å². The van der Waals surface area contributed by atoms with Gasteiger partial charge in [-0.15, -0.1) is 11.3 Å². The number of likely N-dealkylation sites (N-methyl/N-ethyl adjacent to an activating group) is 1. The van der Waals surface area contributed by atoms with E-state index in [0.717, 1.165) is 57.8 Å². The Bertz CT molecular complexity index is 2220. The van der Waals surface area contributed by atoms with E-state index in [1.165, 1.54) is 17.4 Å². The summed E-state index contributed by atoms with van der Waals surface area (Å²) in [6, 6.07) is 7.57. The monoisotopic (exact) mass is 881 g/mol. The van der Waals surface area contributed by atoms with Crippen molar-refractivity contribution in [2.45, 2.75) is 64.5 Å². The zero-order valence-corrected chi connectivity index (χ0v) is 36.4. The lowest BCUT2D eigenvalue weighted by molar-refractivity contribution is -0.135. The molecule has 60 heavy (non-hydrogen) atoms. The topological polar surface area (TPSA) is 176 Å². The highest BCUT2D eigenvalue weighted by atomic mass is 35.5. The van der Waals surface area contributed by atoms with E-state index in [9.17, 15) is 29.1 Å². The van der Waals surface area contributed by atoms with E-state index in [-0.39, 0.29) is 36.1 Å². The van der Waals surface area contributed by atoms with Gasteiger partial charge in [0.1, 0.15) is 13.2 Å². The maximum atomic E-state index is 12.8. The first-order valence-corrected chi connectivity index (χ1v) is 22.0. The lowest BCUT2D eigenvalue weighted by Gasteiger charge is -2.33. The van der Waals surface area contributed by atoms with Gasteiger partial charge in [0.2, 0.25) is 29.5 Å². The number of aliphatic hydroxyl groups is 1. The van der Waals surface area contributed by atoms with E-state index in [1.54, 1.807) is 31.5 Å². The molecule has 2 aliphatic heterocycles. The summed E-state index contributed by atoms with van der Waals surface area (Å²) in [5.41, 5.74) is 4.06. The normalized spacial score (nSPS) is 14.4. The fourth-order valence-corrected chi connectivity index (χ4v) is 8.88. The number of halogens is 2.